The Morgan fingerprint density at radius 3 is 1.83 bits per heavy atom. The van der Waals surface area contributed by atoms with Crippen LogP contribution in [0.1, 0.15) is 29.5 Å². The van der Waals surface area contributed by atoms with E-state index in [4.69, 9.17) is 4.89 Å². The van der Waals surface area contributed by atoms with Gasteiger partial charge in [0.2, 0.25) is 0 Å². The van der Waals surface area contributed by atoms with Gasteiger partial charge in [-0.25, -0.2) is 4.57 Å². The Kier molecular flexibility index (Phi) is 11.8. The van der Waals surface area contributed by atoms with E-state index in [-0.39, 0.29) is 53.8 Å². The van der Waals surface area contributed by atoms with Gasteiger partial charge in [0.05, 0.1) is 13.2 Å². The molecule has 6 heteroatoms. The maximum Gasteiger partial charge on any atom is 2.00 e. The molecule has 0 rings (SSSR count). The number of hydrogen-bond acceptors (Lipinski definition) is 3. The van der Waals surface area contributed by atoms with Gasteiger partial charge in [-0.05, 0) is 12.8 Å². The summed E-state index contributed by atoms with van der Waals surface area (Å²) in [5.74, 6) is 0. The number of hydrogen-bond donors (Lipinski definition) is 1. The Morgan fingerprint density at radius 2 is 1.58 bits per heavy atom. The van der Waals surface area contributed by atoms with E-state index in [0.29, 0.717) is 12.8 Å². The fourth-order valence-electron chi connectivity index (χ4n) is 0.451. The molecule has 0 spiro atoms. The molecular formula is C6H17CaO4P. The van der Waals surface area contributed by atoms with Gasteiger partial charge in [-0.2, -0.15) is 0 Å². The monoisotopic (exact) mass is 224 g/mol. The third-order valence-corrected chi connectivity index (χ3v) is 1.93. The molecule has 12 heavy (non-hydrogen) atoms. The van der Waals surface area contributed by atoms with Crippen molar-refractivity contribution < 1.29 is 21.4 Å². The van der Waals surface area contributed by atoms with Crippen molar-refractivity contribution in [1.29, 1.82) is 0 Å². The van der Waals surface area contributed by atoms with E-state index < -0.39 is 7.82 Å². The summed E-state index contributed by atoms with van der Waals surface area (Å²) in [6.07, 6.45) is 1.42. The summed E-state index contributed by atoms with van der Waals surface area (Å²) < 4.78 is 20.0. The van der Waals surface area contributed by atoms with Gasteiger partial charge in [-0.1, -0.05) is 13.8 Å². The second-order valence-corrected chi connectivity index (χ2v) is 3.59. The van der Waals surface area contributed by atoms with Gasteiger partial charge >= 0.3 is 45.6 Å². The minimum Gasteiger partial charge on any atom is -1.00 e. The first-order chi connectivity index (χ1) is 5.12. The van der Waals surface area contributed by atoms with Crippen LogP contribution in [0.2, 0.25) is 0 Å². The molecule has 0 heterocycles. The Labute approximate surface area is 106 Å². The van der Waals surface area contributed by atoms with Crippen LogP contribution in [-0.2, 0) is 13.6 Å². The number of phosphoric acid groups is 1. The first-order valence-electron chi connectivity index (χ1n) is 3.74. The largest absolute Gasteiger partial charge is 2.00 e. The third kappa shape index (κ3) is 9.46. The molecular weight excluding hydrogens is 207 g/mol. The first kappa shape index (κ1) is 15.8. The smallest absolute Gasteiger partial charge is 1.00 e. The Bertz CT molecular complexity index is 138. The molecule has 0 saturated carbocycles. The summed E-state index contributed by atoms with van der Waals surface area (Å²) in [5.41, 5.74) is 0. The summed E-state index contributed by atoms with van der Waals surface area (Å²) in [6, 6.07) is 0. The van der Waals surface area contributed by atoms with Crippen LogP contribution >= 0.6 is 7.82 Å². The van der Waals surface area contributed by atoms with Crippen molar-refractivity contribution in [3.63, 3.8) is 0 Å². The molecule has 72 valence electrons. The SMILES string of the molecule is CCCOP(=O)(O)OCCC.[Ca+2].[H-].[H-]. The first-order valence-corrected chi connectivity index (χ1v) is 5.23. The van der Waals surface area contributed by atoms with Crippen LogP contribution in [0.15, 0.2) is 0 Å². The summed E-state index contributed by atoms with van der Waals surface area (Å²) in [4.78, 5) is 8.89. The zero-order valence-electron chi connectivity index (χ0n) is 9.65. The van der Waals surface area contributed by atoms with Gasteiger partial charge in [0.1, 0.15) is 0 Å². The predicted octanol–water partition coefficient (Wildman–Crippen LogP) is 1.78. The van der Waals surface area contributed by atoms with Gasteiger partial charge in [-0.3, -0.25) is 9.05 Å². The topological polar surface area (TPSA) is 55.8 Å². The summed E-state index contributed by atoms with van der Waals surface area (Å²) in [6.45, 7) is 4.24. The average Bonchev–Trinajstić information content (AvgIpc) is 1.97. The molecule has 1 N–H and O–H groups in total. The molecule has 0 bridgehead atoms. The van der Waals surface area contributed by atoms with Crippen molar-refractivity contribution in [1.82, 2.24) is 0 Å². The van der Waals surface area contributed by atoms with Gasteiger partial charge in [-0.15, -0.1) is 0 Å². The van der Waals surface area contributed by atoms with Gasteiger partial charge in [0.15, 0.2) is 0 Å². The van der Waals surface area contributed by atoms with Crippen molar-refractivity contribution in [2.75, 3.05) is 13.2 Å². The number of phosphoric ester groups is 1. The second-order valence-electron chi connectivity index (χ2n) is 2.14. The average molecular weight is 224 g/mol. The van der Waals surface area contributed by atoms with Crippen molar-refractivity contribution in [3.8, 4) is 0 Å². The molecule has 0 unspecified atom stereocenters. The molecule has 0 amide bonds. The van der Waals surface area contributed by atoms with Crippen LogP contribution in [-0.4, -0.2) is 55.8 Å². The summed E-state index contributed by atoms with van der Waals surface area (Å²) in [7, 11) is -3.73. The predicted molar refractivity (Wildman–Crippen MR) is 50.3 cm³/mol. The summed E-state index contributed by atoms with van der Waals surface area (Å²) >= 11 is 0. The normalized spacial score (nSPS) is 10.9. The zero-order chi connectivity index (χ0) is 8.74. The Balaban J connectivity index is -0.000000167. The van der Waals surface area contributed by atoms with Crippen LogP contribution < -0.4 is 0 Å². The molecule has 0 aromatic heterocycles. The molecule has 0 fully saturated rings. The van der Waals surface area contributed by atoms with E-state index in [1.807, 2.05) is 13.8 Å². The van der Waals surface area contributed by atoms with Crippen molar-refractivity contribution >= 4 is 45.6 Å². The van der Waals surface area contributed by atoms with Crippen molar-refractivity contribution in [2.24, 2.45) is 0 Å². The van der Waals surface area contributed by atoms with Gasteiger partial charge < -0.3 is 7.75 Å². The molecule has 0 atom stereocenters. The Morgan fingerprint density at radius 1 is 1.25 bits per heavy atom. The summed E-state index contributed by atoms with van der Waals surface area (Å²) in [5, 5.41) is 0. The fourth-order valence-corrected chi connectivity index (χ4v) is 1.35. The van der Waals surface area contributed by atoms with E-state index in [1.165, 1.54) is 0 Å². The minimum atomic E-state index is -3.73. The van der Waals surface area contributed by atoms with Crippen LogP contribution in [0.3, 0.4) is 0 Å². The Hall–Kier alpha value is 1.37. The van der Waals surface area contributed by atoms with Gasteiger partial charge in [0, 0.05) is 0 Å². The quantitative estimate of drug-likeness (QED) is 0.552. The minimum absolute atomic E-state index is 0. The molecule has 0 radical (unpaired) electrons. The van der Waals surface area contributed by atoms with Crippen molar-refractivity contribution in [3.05, 3.63) is 0 Å². The number of rotatable bonds is 6. The third-order valence-electron chi connectivity index (χ3n) is 0.917. The standard InChI is InChI=1S/C6H15O4P.Ca.2H/c1-3-5-9-11(7,8)10-6-4-2;;;/h3-6H2,1-2H3,(H,7,8);;;/q;+2;2*-1. The van der Waals surface area contributed by atoms with E-state index in [2.05, 4.69) is 9.05 Å². The maximum atomic E-state index is 10.8. The van der Waals surface area contributed by atoms with Gasteiger partial charge in [0.25, 0.3) is 0 Å². The van der Waals surface area contributed by atoms with Crippen LogP contribution in [0.25, 0.3) is 0 Å². The second kappa shape index (κ2) is 8.95. The molecule has 0 aromatic rings. The maximum absolute atomic E-state index is 10.8. The fraction of sp³-hybridized carbons (Fsp3) is 1.00. The van der Waals surface area contributed by atoms with Crippen LogP contribution in [0.5, 0.6) is 0 Å². The van der Waals surface area contributed by atoms with E-state index in [0.717, 1.165) is 0 Å². The molecule has 0 aliphatic rings. The van der Waals surface area contributed by atoms with Crippen LogP contribution in [0.4, 0.5) is 0 Å². The van der Waals surface area contributed by atoms with E-state index >= 15 is 0 Å². The van der Waals surface area contributed by atoms with E-state index in [9.17, 15) is 4.57 Å². The molecule has 0 aliphatic carbocycles. The van der Waals surface area contributed by atoms with Crippen molar-refractivity contribution in [2.45, 2.75) is 26.7 Å². The zero-order valence-corrected chi connectivity index (χ0v) is 10.8. The molecule has 0 saturated heterocycles. The molecule has 0 aliphatic heterocycles. The van der Waals surface area contributed by atoms with E-state index in [1.54, 1.807) is 0 Å². The molecule has 0 aromatic carbocycles. The molecule has 4 nitrogen and oxygen atoms in total. The van der Waals surface area contributed by atoms with Crippen LogP contribution in [0, 0.1) is 0 Å².